The van der Waals surface area contributed by atoms with Gasteiger partial charge in [-0.1, -0.05) is 6.92 Å². The quantitative estimate of drug-likeness (QED) is 0.659. The number of aromatic nitrogens is 1. The van der Waals surface area contributed by atoms with Gasteiger partial charge in [0.05, 0.1) is 13.2 Å². The zero-order valence-electron chi connectivity index (χ0n) is 10.9. The molecule has 0 atom stereocenters. The first kappa shape index (κ1) is 15.6. The summed E-state index contributed by atoms with van der Waals surface area (Å²) in [5.74, 6) is -1.69. The van der Waals surface area contributed by atoms with Gasteiger partial charge in [0.1, 0.15) is 0 Å². The van der Waals surface area contributed by atoms with Gasteiger partial charge in [-0.25, -0.2) is 13.8 Å². The lowest BCUT2D eigenvalue weighted by Crippen LogP contribution is -2.31. The van der Waals surface area contributed by atoms with Crippen LogP contribution >= 0.6 is 0 Å². The van der Waals surface area contributed by atoms with E-state index in [2.05, 4.69) is 10.3 Å². The number of hydrogen-bond acceptors (Lipinski definition) is 5. The molecular weight excluding hydrogens is 256 g/mol. The first-order valence-electron chi connectivity index (χ1n) is 6.20. The van der Waals surface area contributed by atoms with E-state index in [4.69, 9.17) is 10.2 Å². The Kier molecular flexibility index (Phi) is 6.44. The molecule has 0 aliphatic rings. The standard InChI is InChI=1S/C12H19F2N3O2/c1-2-3-15-11-9(13)8-10(14)12(16-11)17(4-6-18)5-7-19/h8,18-19H,2-7H2,1H3,(H,15,16). The van der Waals surface area contributed by atoms with Gasteiger partial charge in [0, 0.05) is 25.7 Å². The predicted molar refractivity (Wildman–Crippen MR) is 69.3 cm³/mol. The van der Waals surface area contributed by atoms with Crippen molar-refractivity contribution in [3.05, 3.63) is 17.7 Å². The summed E-state index contributed by atoms with van der Waals surface area (Å²) in [5, 5.41) is 20.6. The van der Waals surface area contributed by atoms with Crippen LogP contribution < -0.4 is 10.2 Å². The summed E-state index contributed by atoms with van der Waals surface area (Å²) in [7, 11) is 0. The predicted octanol–water partition coefficient (Wildman–Crippen LogP) is 0.973. The molecule has 1 aromatic heterocycles. The smallest absolute Gasteiger partial charge is 0.168 e. The monoisotopic (exact) mass is 275 g/mol. The van der Waals surface area contributed by atoms with Crippen molar-refractivity contribution in [2.75, 3.05) is 43.1 Å². The zero-order valence-corrected chi connectivity index (χ0v) is 10.9. The molecule has 0 unspecified atom stereocenters. The Labute approximate surface area is 110 Å². The molecule has 0 radical (unpaired) electrons. The largest absolute Gasteiger partial charge is 0.395 e. The van der Waals surface area contributed by atoms with E-state index < -0.39 is 11.6 Å². The second-order valence-electron chi connectivity index (χ2n) is 3.99. The minimum absolute atomic E-state index is 0.0286. The Morgan fingerprint density at radius 3 is 2.37 bits per heavy atom. The molecule has 0 bridgehead atoms. The number of aliphatic hydroxyl groups is 2. The topological polar surface area (TPSA) is 68.6 Å². The van der Waals surface area contributed by atoms with Gasteiger partial charge < -0.3 is 20.4 Å². The number of hydrogen-bond donors (Lipinski definition) is 3. The Morgan fingerprint density at radius 1 is 1.21 bits per heavy atom. The van der Waals surface area contributed by atoms with Crippen LogP contribution in [0.25, 0.3) is 0 Å². The first-order valence-corrected chi connectivity index (χ1v) is 6.20. The number of nitrogens with one attached hydrogen (secondary N) is 1. The molecule has 0 fully saturated rings. The molecule has 1 heterocycles. The van der Waals surface area contributed by atoms with Crippen molar-refractivity contribution >= 4 is 11.6 Å². The van der Waals surface area contributed by atoms with Crippen molar-refractivity contribution in [2.45, 2.75) is 13.3 Å². The lowest BCUT2D eigenvalue weighted by Gasteiger charge is -2.23. The molecule has 19 heavy (non-hydrogen) atoms. The van der Waals surface area contributed by atoms with Crippen LogP contribution in [0.4, 0.5) is 20.4 Å². The van der Waals surface area contributed by atoms with E-state index in [1.54, 1.807) is 0 Å². The third-order valence-electron chi connectivity index (χ3n) is 2.49. The van der Waals surface area contributed by atoms with Crippen molar-refractivity contribution in [1.82, 2.24) is 4.98 Å². The molecule has 0 aliphatic carbocycles. The second kappa shape index (κ2) is 7.85. The highest BCUT2D eigenvalue weighted by atomic mass is 19.1. The highest BCUT2D eigenvalue weighted by Gasteiger charge is 2.17. The molecule has 3 N–H and O–H groups in total. The second-order valence-corrected chi connectivity index (χ2v) is 3.99. The lowest BCUT2D eigenvalue weighted by atomic mass is 10.3. The van der Waals surface area contributed by atoms with Crippen LogP contribution in [0.3, 0.4) is 0 Å². The molecule has 7 heteroatoms. The van der Waals surface area contributed by atoms with Gasteiger partial charge in [-0.05, 0) is 6.42 Å². The van der Waals surface area contributed by atoms with Crippen LogP contribution in [0.15, 0.2) is 6.07 Å². The van der Waals surface area contributed by atoms with Crippen molar-refractivity contribution in [2.24, 2.45) is 0 Å². The minimum atomic E-state index is -0.818. The molecule has 0 amide bonds. The van der Waals surface area contributed by atoms with Crippen LogP contribution in [0.5, 0.6) is 0 Å². The van der Waals surface area contributed by atoms with Gasteiger partial charge in [0.2, 0.25) is 0 Å². The summed E-state index contributed by atoms with van der Waals surface area (Å²) < 4.78 is 27.2. The third kappa shape index (κ3) is 4.29. The average Bonchev–Trinajstić information content (AvgIpc) is 2.38. The number of anilines is 2. The Morgan fingerprint density at radius 2 is 1.84 bits per heavy atom. The van der Waals surface area contributed by atoms with E-state index >= 15 is 0 Å². The van der Waals surface area contributed by atoms with Crippen molar-refractivity contribution in [1.29, 1.82) is 0 Å². The fraction of sp³-hybridized carbons (Fsp3) is 0.583. The molecule has 0 saturated heterocycles. The SMILES string of the molecule is CCCNc1nc(N(CCO)CCO)c(F)cc1F. The van der Waals surface area contributed by atoms with Gasteiger partial charge >= 0.3 is 0 Å². The molecule has 0 saturated carbocycles. The Bertz CT molecular complexity index is 399. The molecule has 1 rings (SSSR count). The van der Waals surface area contributed by atoms with Crippen LogP contribution in [-0.2, 0) is 0 Å². The number of aliphatic hydroxyl groups excluding tert-OH is 2. The number of halogens is 2. The van der Waals surface area contributed by atoms with Crippen LogP contribution in [-0.4, -0.2) is 48.0 Å². The normalized spacial score (nSPS) is 10.6. The number of rotatable bonds is 8. The number of pyridine rings is 1. The summed E-state index contributed by atoms with van der Waals surface area (Å²) in [5.41, 5.74) is 0. The molecule has 0 aromatic carbocycles. The van der Waals surface area contributed by atoms with E-state index in [-0.39, 0.29) is 37.9 Å². The van der Waals surface area contributed by atoms with Gasteiger partial charge in [-0.15, -0.1) is 0 Å². The Balaban J connectivity index is 3.02. The maximum absolute atomic E-state index is 13.7. The maximum atomic E-state index is 13.7. The molecule has 0 spiro atoms. The van der Waals surface area contributed by atoms with Crippen LogP contribution in [0.1, 0.15) is 13.3 Å². The summed E-state index contributed by atoms with van der Waals surface area (Å²) >= 11 is 0. The van der Waals surface area contributed by atoms with Gasteiger partial charge in [0.15, 0.2) is 23.3 Å². The van der Waals surface area contributed by atoms with E-state index in [0.717, 1.165) is 12.5 Å². The van der Waals surface area contributed by atoms with Crippen molar-refractivity contribution in [3.8, 4) is 0 Å². The Hall–Kier alpha value is -1.47. The van der Waals surface area contributed by atoms with Gasteiger partial charge in [-0.3, -0.25) is 0 Å². The molecule has 108 valence electrons. The van der Waals surface area contributed by atoms with Crippen LogP contribution in [0.2, 0.25) is 0 Å². The van der Waals surface area contributed by atoms with Gasteiger partial charge in [-0.2, -0.15) is 0 Å². The van der Waals surface area contributed by atoms with Crippen LogP contribution in [0, 0.1) is 11.6 Å². The average molecular weight is 275 g/mol. The molecule has 1 aromatic rings. The summed E-state index contributed by atoms with van der Waals surface area (Å²) in [4.78, 5) is 5.26. The summed E-state index contributed by atoms with van der Waals surface area (Å²) in [6.07, 6.45) is 0.783. The number of nitrogens with zero attached hydrogens (tertiary/aromatic N) is 2. The van der Waals surface area contributed by atoms with Crippen molar-refractivity contribution in [3.63, 3.8) is 0 Å². The lowest BCUT2D eigenvalue weighted by molar-refractivity contribution is 0.280. The van der Waals surface area contributed by atoms with Gasteiger partial charge in [0.25, 0.3) is 0 Å². The zero-order chi connectivity index (χ0) is 14.3. The summed E-state index contributed by atoms with van der Waals surface area (Å²) in [6.45, 7) is 2.24. The fourth-order valence-electron chi connectivity index (χ4n) is 1.61. The highest BCUT2D eigenvalue weighted by molar-refractivity contribution is 5.49. The van der Waals surface area contributed by atoms with E-state index in [0.29, 0.717) is 6.54 Å². The summed E-state index contributed by atoms with van der Waals surface area (Å²) in [6, 6.07) is 0.752. The third-order valence-corrected chi connectivity index (χ3v) is 2.49. The van der Waals surface area contributed by atoms with E-state index in [9.17, 15) is 8.78 Å². The first-order chi connectivity index (χ1) is 9.13. The van der Waals surface area contributed by atoms with Crippen molar-refractivity contribution < 1.29 is 19.0 Å². The molecule has 0 aliphatic heterocycles. The minimum Gasteiger partial charge on any atom is -0.395 e. The fourth-order valence-corrected chi connectivity index (χ4v) is 1.61. The highest BCUT2D eigenvalue weighted by Crippen LogP contribution is 2.22. The molecule has 5 nitrogen and oxygen atoms in total. The maximum Gasteiger partial charge on any atom is 0.168 e. The van der Waals surface area contributed by atoms with E-state index in [1.807, 2.05) is 6.92 Å². The molecular formula is C12H19F2N3O2. The van der Waals surface area contributed by atoms with E-state index in [1.165, 1.54) is 4.90 Å².